The Bertz CT molecular complexity index is 194. The lowest BCUT2D eigenvalue weighted by Gasteiger charge is -2.06. The van der Waals surface area contributed by atoms with Gasteiger partial charge in [-0.15, -0.1) is 0 Å². The largest absolute Gasteiger partial charge is 0.300 e. The van der Waals surface area contributed by atoms with E-state index in [0.717, 1.165) is 18.7 Å². The van der Waals surface area contributed by atoms with Gasteiger partial charge in [-0.3, -0.25) is 9.88 Å². The van der Waals surface area contributed by atoms with Gasteiger partial charge in [-0.25, -0.2) is 0 Å². The van der Waals surface area contributed by atoms with Gasteiger partial charge in [-0.1, -0.05) is 6.07 Å². The van der Waals surface area contributed by atoms with Crippen molar-refractivity contribution in [2.24, 2.45) is 0 Å². The third-order valence-electron chi connectivity index (χ3n) is 1.45. The first kappa shape index (κ1) is 8.21. The molecular weight excluding hydrogens is 136 g/mol. The standard InChI is InChI=1S/C9H12N2/c1-11(2)8-6-9-5-3-4-7-10-9/h1,3-5,7H,6,8H2,2H3. The van der Waals surface area contributed by atoms with Crippen molar-refractivity contribution in [3.8, 4) is 0 Å². The van der Waals surface area contributed by atoms with E-state index in [4.69, 9.17) is 7.05 Å². The Hall–Kier alpha value is -0.890. The second-order valence-electron chi connectivity index (χ2n) is 2.55. The minimum absolute atomic E-state index is 0.844. The number of aromatic nitrogens is 1. The molecule has 0 amide bonds. The Morgan fingerprint density at radius 1 is 1.55 bits per heavy atom. The van der Waals surface area contributed by atoms with E-state index in [1.54, 1.807) is 11.1 Å². The average molecular weight is 148 g/mol. The zero-order chi connectivity index (χ0) is 8.10. The highest BCUT2D eigenvalue weighted by molar-refractivity contribution is 5.03. The second kappa shape index (κ2) is 4.09. The van der Waals surface area contributed by atoms with Gasteiger partial charge in [0.1, 0.15) is 0 Å². The third-order valence-corrected chi connectivity index (χ3v) is 1.45. The van der Waals surface area contributed by atoms with E-state index in [-0.39, 0.29) is 0 Å². The summed E-state index contributed by atoms with van der Waals surface area (Å²) >= 11 is 0. The van der Waals surface area contributed by atoms with Crippen LogP contribution in [0.15, 0.2) is 24.4 Å². The molecule has 0 aliphatic rings. The van der Waals surface area contributed by atoms with Crippen molar-refractivity contribution in [1.82, 2.24) is 9.88 Å². The van der Waals surface area contributed by atoms with Gasteiger partial charge in [0.15, 0.2) is 0 Å². The Morgan fingerprint density at radius 3 is 2.91 bits per heavy atom. The molecule has 58 valence electrons. The highest BCUT2D eigenvalue weighted by Gasteiger charge is 1.93. The normalized spacial score (nSPS) is 10.5. The topological polar surface area (TPSA) is 16.1 Å². The molecule has 1 aromatic rings. The molecule has 0 fully saturated rings. The minimum Gasteiger partial charge on any atom is -0.300 e. The number of hydrogen-bond acceptors (Lipinski definition) is 2. The van der Waals surface area contributed by atoms with Crippen molar-refractivity contribution in [1.29, 1.82) is 0 Å². The summed E-state index contributed by atoms with van der Waals surface area (Å²) in [6, 6.07) is 5.90. The molecule has 1 aromatic heterocycles. The number of rotatable bonds is 3. The van der Waals surface area contributed by atoms with Crippen molar-refractivity contribution in [3.63, 3.8) is 0 Å². The molecule has 0 aliphatic carbocycles. The Labute approximate surface area is 67.9 Å². The highest BCUT2D eigenvalue weighted by atomic mass is 15.0. The molecule has 11 heavy (non-hydrogen) atoms. The van der Waals surface area contributed by atoms with Crippen LogP contribution >= 0.6 is 0 Å². The van der Waals surface area contributed by atoms with Crippen LogP contribution in [0.5, 0.6) is 0 Å². The molecule has 0 saturated carbocycles. The number of pyridine rings is 1. The van der Waals surface area contributed by atoms with Crippen LogP contribution in [-0.4, -0.2) is 23.5 Å². The second-order valence-corrected chi connectivity index (χ2v) is 2.55. The molecule has 0 aliphatic heterocycles. The molecule has 0 unspecified atom stereocenters. The molecule has 0 saturated heterocycles. The van der Waals surface area contributed by atoms with Crippen molar-refractivity contribution in [2.75, 3.05) is 13.6 Å². The summed E-state index contributed by atoms with van der Waals surface area (Å²) in [7, 11) is 7.30. The summed E-state index contributed by atoms with van der Waals surface area (Å²) in [5, 5.41) is 0. The van der Waals surface area contributed by atoms with Crippen LogP contribution in [0.4, 0.5) is 0 Å². The van der Waals surface area contributed by atoms with Crippen LogP contribution in [-0.2, 0) is 6.42 Å². The maximum absolute atomic E-state index is 5.45. The fraction of sp³-hybridized carbons (Fsp3) is 0.333. The van der Waals surface area contributed by atoms with E-state index < -0.39 is 0 Å². The zero-order valence-electron chi connectivity index (χ0n) is 6.70. The molecule has 2 radical (unpaired) electrons. The third kappa shape index (κ3) is 3.14. The van der Waals surface area contributed by atoms with Crippen molar-refractivity contribution < 1.29 is 0 Å². The van der Waals surface area contributed by atoms with E-state index in [1.165, 1.54) is 0 Å². The van der Waals surface area contributed by atoms with Gasteiger partial charge in [0, 0.05) is 31.9 Å². The predicted molar refractivity (Wildman–Crippen MR) is 44.9 cm³/mol. The monoisotopic (exact) mass is 148 g/mol. The highest BCUT2D eigenvalue weighted by Crippen LogP contribution is 1.94. The number of likely N-dealkylation sites (N-methyl/N-ethyl adjacent to an activating group) is 1. The zero-order valence-corrected chi connectivity index (χ0v) is 6.70. The summed E-state index contributed by atoms with van der Waals surface area (Å²) in [4.78, 5) is 5.83. The molecule has 1 heterocycles. The lowest BCUT2D eigenvalue weighted by atomic mass is 10.3. The molecule has 0 N–H and O–H groups in total. The quantitative estimate of drug-likeness (QED) is 0.599. The van der Waals surface area contributed by atoms with Crippen molar-refractivity contribution >= 4 is 0 Å². The summed E-state index contributed by atoms with van der Waals surface area (Å²) in [5.41, 5.74) is 1.09. The summed E-state index contributed by atoms with van der Waals surface area (Å²) in [6.07, 6.45) is 2.71. The lowest BCUT2D eigenvalue weighted by Crippen LogP contribution is -2.13. The van der Waals surface area contributed by atoms with Gasteiger partial charge in [-0.2, -0.15) is 0 Å². The molecular formula is C9H12N2. The molecule has 0 spiro atoms. The first-order valence-electron chi connectivity index (χ1n) is 3.65. The van der Waals surface area contributed by atoms with E-state index in [0.29, 0.717) is 0 Å². The van der Waals surface area contributed by atoms with Crippen molar-refractivity contribution in [3.05, 3.63) is 37.1 Å². The van der Waals surface area contributed by atoms with E-state index in [2.05, 4.69) is 4.98 Å². The van der Waals surface area contributed by atoms with Crippen LogP contribution in [0.3, 0.4) is 0 Å². The summed E-state index contributed by atoms with van der Waals surface area (Å²) in [6.45, 7) is 0.844. The molecule has 0 bridgehead atoms. The summed E-state index contributed by atoms with van der Waals surface area (Å²) < 4.78 is 0. The smallest absolute Gasteiger partial charge is 0.0435 e. The van der Waals surface area contributed by atoms with Crippen LogP contribution < -0.4 is 0 Å². The van der Waals surface area contributed by atoms with Gasteiger partial charge >= 0.3 is 0 Å². The van der Waals surface area contributed by atoms with Gasteiger partial charge in [0.05, 0.1) is 0 Å². The first-order chi connectivity index (χ1) is 5.29. The first-order valence-corrected chi connectivity index (χ1v) is 3.65. The van der Waals surface area contributed by atoms with Crippen LogP contribution in [0.1, 0.15) is 5.69 Å². The average Bonchev–Trinajstić information content (AvgIpc) is 2.03. The molecule has 0 atom stereocenters. The molecule has 2 nitrogen and oxygen atoms in total. The van der Waals surface area contributed by atoms with Crippen LogP contribution in [0.2, 0.25) is 0 Å². The SMILES string of the molecule is [CH]N(C)CCc1ccccn1. The minimum atomic E-state index is 0.844. The molecule has 2 heteroatoms. The van der Waals surface area contributed by atoms with E-state index >= 15 is 0 Å². The number of nitrogens with zero attached hydrogens (tertiary/aromatic N) is 2. The van der Waals surface area contributed by atoms with Gasteiger partial charge in [-0.05, 0) is 19.2 Å². The maximum Gasteiger partial charge on any atom is 0.0435 e. The molecule has 0 aromatic carbocycles. The van der Waals surface area contributed by atoms with Crippen LogP contribution in [0.25, 0.3) is 0 Å². The Morgan fingerprint density at radius 2 is 2.36 bits per heavy atom. The van der Waals surface area contributed by atoms with E-state index in [9.17, 15) is 0 Å². The number of hydrogen-bond donors (Lipinski definition) is 0. The fourth-order valence-corrected chi connectivity index (χ4v) is 0.837. The van der Waals surface area contributed by atoms with Crippen LogP contribution in [0, 0.1) is 7.05 Å². The maximum atomic E-state index is 5.45. The van der Waals surface area contributed by atoms with E-state index in [1.807, 2.05) is 25.2 Å². The van der Waals surface area contributed by atoms with Gasteiger partial charge in [0.25, 0.3) is 0 Å². The Kier molecular flexibility index (Phi) is 3.05. The predicted octanol–water partition coefficient (Wildman–Crippen LogP) is 1.22. The Balaban J connectivity index is 2.39. The van der Waals surface area contributed by atoms with Gasteiger partial charge < -0.3 is 0 Å². The summed E-state index contributed by atoms with van der Waals surface area (Å²) in [5.74, 6) is 0. The molecule has 1 rings (SSSR count). The fourth-order valence-electron chi connectivity index (χ4n) is 0.837. The van der Waals surface area contributed by atoms with Gasteiger partial charge in [0.2, 0.25) is 0 Å². The van der Waals surface area contributed by atoms with Crippen molar-refractivity contribution in [2.45, 2.75) is 6.42 Å². The lowest BCUT2D eigenvalue weighted by molar-refractivity contribution is 0.452.